The molecule has 0 saturated carbocycles. The molecule has 5 heteroatoms. The third-order valence-electron chi connectivity index (χ3n) is 3.99. The molecule has 4 nitrogen and oxygen atoms in total. The fourth-order valence-corrected chi connectivity index (χ4v) is 3.02. The van der Waals surface area contributed by atoms with Crippen LogP contribution in [0.3, 0.4) is 0 Å². The summed E-state index contributed by atoms with van der Waals surface area (Å²) in [7, 11) is 0. The number of para-hydroxylation sites is 2. The van der Waals surface area contributed by atoms with Gasteiger partial charge in [-0.15, -0.1) is 6.58 Å². The third kappa shape index (κ3) is 4.09. The summed E-state index contributed by atoms with van der Waals surface area (Å²) in [6.45, 7) is 5.14. The Morgan fingerprint density at radius 3 is 2.88 bits per heavy atom. The number of hydrogen-bond acceptors (Lipinski definition) is 2. The lowest BCUT2D eigenvalue weighted by atomic mass is 10.2. The number of allylic oxidation sites excluding steroid dienone is 1. The lowest BCUT2D eigenvalue weighted by Crippen LogP contribution is -2.25. The Labute approximate surface area is 152 Å². The zero-order chi connectivity index (χ0) is 17.6. The molecule has 128 valence electrons. The minimum Gasteiger partial charge on any atom is -0.352 e. The third-order valence-corrected chi connectivity index (χ3v) is 4.23. The van der Waals surface area contributed by atoms with Gasteiger partial charge in [0.05, 0.1) is 11.0 Å². The second-order valence-corrected chi connectivity index (χ2v) is 6.22. The number of rotatable bonds is 7. The van der Waals surface area contributed by atoms with E-state index in [1.165, 1.54) is 0 Å². The Morgan fingerprint density at radius 1 is 1.24 bits per heavy atom. The van der Waals surface area contributed by atoms with Gasteiger partial charge in [-0.25, -0.2) is 4.98 Å². The van der Waals surface area contributed by atoms with Crippen LogP contribution >= 0.6 is 11.6 Å². The van der Waals surface area contributed by atoms with Crippen molar-refractivity contribution in [3.63, 3.8) is 0 Å². The van der Waals surface area contributed by atoms with Crippen molar-refractivity contribution in [1.82, 2.24) is 14.9 Å². The van der Waals surface area contributed by atoms with E-state index in [4.69, 9.17) is 16.6 Å². The molecule has 0 fully saturated rings. The van der Waals surface area contributed by atoms with Crippen molar-refractivity contribution in [1.29, 1.82) is 0 Å². The van der Waals surface area contributed by atoms with E-state index in [1.54, 1.807) is 24.3 Å². The van der Waals surface area contributed by atoms with Gasteiger partial charge >= 0.3 is 0 Å². The summed E-state index contributed by atoms with van der Waals surface area (Å²) < 4.78 is 2.17. The van der Waals surface area contributed by atoms with Crippen molar-refractivity contribution in [3.05, 3.63) is 77.6 Å². The lowest BCUT2D eigenvalue weighted by molar-refractivity contribution is 0.0953. The molecule has 1 N–H and O–H groups in total. The number of aromatic nitrogens is 2. The Bertz CT molecular complexity index is 901. The summed E-state index contributed by atoms with van der Waals surface area (Å²) >= 11 is 5.92. The van der Waals surface area contributed by atoms with E-state index in [0.29, 0.717) is 17.1 Å². The molecule has 0 saturated heterocycles. The molecule has 0 atom stereocenters. The van der Waals surface area contributed by atoms with E-state index < -0.39 is 0 Å². The first-order chi connectivity index (χ1) is 12.2. The van der Waals surface area contributed by atoms with Crippen LogP contribution in [0.4, 0.5) is 0 Å². The number of amides is 1. The number of hydrogen-bond donors (Lipinski definition) is 1. The second kappa shape index (κ2) is 7.99. The molecule has 0 spiro atoms. The number of benzene rings is 2. The fraction of sp³-hybridized carbons (Fsp3) is 0.200. The highest BCUT2D eigenvalue weighted by atomic mass is 35.5. The SMILES string of the molecule is C=CCn1c(CCCNC(=O)c2cccc(Cl)c2)nc2ccccc21. The number of aryl methyl sites for hydroxylation is 1. The molecule has 0 aliphatic carbocycles. The van der Waals surface area contributed by atoms with Crippen LogP contribution in [0, 0.1) is 0 Å². The molecule has 0 unspecified atom stereocenters. The molecule has 3 aromatic rings. The van der Waals surface area contributed by atoms with Crippen molar-refractivity contribution in [2.45, 2.75) is 19.4 Å². The predicted molar refractivity (Wildman–Crippen MR) is 102 cm³/mol. The standard InChI is InChI=1S/C20H20ClN3O/c1-2-13-24-18-10-4-3-9-17(18)23-19(24)11-6-12-22-20(25)15-7-5-8-16(21)14-15/h2-5,7-10,14H,1,6,11-13H2,(H,22,25). The molecule has 3 rings (SSSR count). The van der Waals surface area contributed by atoms with Gasteiger partial charge in [0.15, 0.2) is 0 Å². The van der Waals surface area contributed by atoms with Gasteiger partial charge in [-0.3, -0.25) is 4.79 Å². The first-order valence-corrected chi connectivity index (χ1v) is 8.65. The number of carbonyl (C=O) groups excluding carboxylic acids is 1. The molecule has 25 heavy (non-hydrogen) atoms. The van der Waals surface area contributed by atoms with Gasteiger partial charge in [-0.05, 0) is 36.8 Å². The van der Waals surface area contributed by atoms with E-state index in [9.17, 15) is 4.79 Å². The van der Waals surface area contributed by atoms with Crippen LogP contribution in [-0.4, -0.2) is 22.0 Å². The molecular formula is C20H20ClN3O. The van der Waals surface area contributed by atoms with Crippen molar-refractivity contribution in [2.24, 2.45) is 0 Å². The molecular weight excluding hydrogens is 334 g/mol. The van der Waals surface area contributed by atoms with Gasteiger partial charge in [0, 0.05) is 30.1 Å². The zero-order valence-electron chi connectivity index (χ0n) is 13.9. The van der Waals surface area contributed by atoms with Gasteiger partial charge in [-0.2, -0.15) is 0 Å². The minimum absolute atomic E-state index is 0.109. The number of fused-ring (bicyclic) bond motifs is 1. The monoisotopic (exact) mass is 353 g/mol. The number of carbonyl (C=O) groups is 1. The van der Waals surface area contributed by atoms with Crippen LogP contribution in [0.5, 0.6) is 0 Å². The van der Waals surface area contributed by atoms with Crippen molar-refractivity contribution in [3.8, 4) is 0 Å². The Kier molecular flexibility index (Phi) is 5.51. The van der Waals surface area contributed by atoms with Crippen LogP contribution in [0.15, 0.2) is 61.2 Å². The second-order valence-electron chi connectivity index (χ2n) is 5.79. The van der Waals surface area contributed by atoms with E-state index >= 15 is 0 Å². The van der Waals surface area contributed by atoms with Crippen molar-refractivity contribution >= 4 is 28.5 Å². The van der Waals surface area contributed by atoms with Crippen LogP contribution in [0.25, 0.3) is 11.0 Å². The Hall–Kier alpha value is -2.59. The van der Waals surface area contributed by atoms with Crippen molar-refractivity contribution < 1.29 is 4.79 Å². The first-order valence-electron chi connectivity index (χ1n) is 8.28. The number of nitrogens with zero attached hydrogens (tertiary/aromatic N) is 2. The highest BCUT2D eigenvalue weighted by Gasteiger charge is 2.10. The van der Waals surface area contributed by atoms with E-state index in [1.807, 2.05) is 24.3 Å². The lowest BCUT2D eigenvalue weighted by Gasteiger charge is -2.08. The normalized spacial score (nSPS) is 10.8. The Morgan fingerprint density at radius 2 is 2.08 bits per heavy atom. The number of imidazole rings is 1. The highest BCUT2D eigenvalue weighted by molar-refractivity contribution is 6.30. The van der Waals surface area contributed by atoms with E-state index in [0.717, 1.165) is 36.2 Å². The van der Waals surface area contributed by atoms with Gasteiger partial charge in [0.25, 0.3) is 5.91 Å². The predicted octanol–water partition coefficient (Wildman–Crippen LogP) is 4.24. The molecule has 1 aromatic heterocycles. The maximum Gasteiger partial charge on any atom is 0.251 e. The largest absolute Gasteiger partial charge is 0.352 e. The van der Waals surface area contributed by atoms with E-state index in [-0.39, 0.29) is 5.91 Å². The van der Waals surface area contributed by atoms with Crippen LogP contribution < -0.4 is 5.32 Å². The average molecular weight is 354 g/mol. The summed E-state index contributed by atoms with van der Waals surface area (Å²) in [6.07, 6.45) is 3.48. The van der Waals surface area contributed by atoms with Gasteiger partial charge in [0.2, 0.25) is 0 Å². The molecule has 0 bridgehead atoms. The minimum atomic E-state index is -0.109. The molecule has 0 aliphatic heterocycles. The quantitative estimate of drug-likeness (QED) is 0.510. The molecule has 0 aliphatic rings. The number of nitrogens with one attached hydrogen (secondary N) is 1. The van der Waals surface area contributed by atoms with Gasteiger partial charge in [0.1, 0.15) is 5.82 Å². The summed E-state index contributed by atoms with van der Waals surface area (Å²) in [5.41, 5.74) is 2.68. The fourth-order valence-electron chi connectivity index (χ4n) is 2.83. The smallest absolute Gasteiger partial charge is 0.251 e. The molecule has 0 radical (unpaired) electrons. The average Bonchev–Trinajstić information content (AvgIpc) is 2.97. The van der Waals surface area contributed by atoms with Crippen LogP contribution in [0.2, 0.25) is 5.02 Å². The van der Waals surface area contributed by atoms with Crippen molar-refractivity contribution in [2.75, 3.05) is 6.54 Å². The summed E-state index contributed by atoms with van der Waals surface area (Å²) in [4.78, 5) is 16.8. The maximum absolute atomic E-state index is 12.1. The first kappa shape index (κ1) is 17.2. The Balaban J connectivity index is 1.60. The summed E-state index contributed by atoms with van der Waals surface area (Å²) in [5.74, 6) is 0.903. The van der Waals surface area contributed by atoms with Crippen LogP contribution in [0.1, 0.15) is 22.6 Å². The van der Waals surface area contributed by atoms with Gasteiger partial charge < -0.3 is 9.88 Å². The molecule has 2 aromatic carbocycles. The number of halogens is 1. The maximum atomic E-state index is 12.1. The topological polar surface area (TPSA) is 46.9 Å². The van der Waals surface area contributed by atoms with E-state index in [2.05, 4.69) is 22.5 Å². The van der Waals surface area contributed by atoms with Crippen LogP contribution in [-0.2, 0) is 13.0 Å². The molecule has 1 heterocycles. The highest BCUT2D eigenvalue weighted by Crippen LogP contribution is 2.17. The zero-order valence-corrected chi connectivity index (χ0v) is 14.7. The summed E-state index contributed by atoms with van der Waals surface area (Å²) in [6, 6.07) is 15.0. The molecule has 1 amide bonds. The summed E-state index contributed by atoms with van der Waals surface area (Å²) in [5, 5.41) is 3.49. The van der Waals surface area contributed by atoms with Gasteiger partial charge in [-0.1, -0.05) is 35.9 Å².